The highest BCUT2D eigenvalue weighted by Crippen LogP contribution is 2.09. The van der Waals surface area contributed by atoms with Gasteiger partial charge < -0.3 is 0 Å². The van der Waals surface area contributed by atoms with E-state index in [4.69, 9.17) is 11.6 Å². The second-order valence-electron chi connectivity index (χ2n) is 4.94. The summed E-state index contributed by atoms with van der Waals surface area (Å²) in [7, 11) is 0. The van der Waals surface area contributed by atoms with Crippen LogP contribution in [0.2, 0.25) is 5.15 Å². The standard InChI is InChI=1S/C15H15ClN4OS/c1-22-8-7-19-14-4-2-3-12(20(14)18-15(19)21)9-11-5-6-13(16)17-10-11/h2-6,10H,7-9H2,1H3/p+1. The molecule has 0 fully saturated rings. The maximum Gasteiger partial charge on any atom is 0.444 e. The Balaban J connectivity index is 2.00. The molecule has 114 valence electrons. The van der Waals surface area contributed by atoms with Gasteiger partial charge in [0.1, 0.15) is 17.4 Å². The Morgan fingerprint density at radius 1 is 1.36 bits per heavy atom. The quantitative estimate of drug-likeness (QED) is 0.572. The van der Waals surface area contributed by atoms with Gasteiger partial charge in [0.25, 0.3) is 0 Å². The third-order valence-corrected chi connectivity index (χ3v) is 4.29. The molecule has 0 aliphatic heterocycles. The molecule has 0 aliphatic carbocycles. The Morgan fingerprint density at radius 2 is 2.23 bits per heavy atom. The molecule has 0 saturated heterocycles. The first-order valence-corrected chi connectivity index (χ1v) is 8.68. The Hall–Kier alpha value is -1.79. The van der Waals surface area contributed by atoms with Crippen molar-refractivity contribution in [3.63, 3.8) is 0 Å². The molecule has 22 heavy (non-hydrogen) atoms. The summed E-state index contributed by atoms with van der Waals surface area (Å²) in [5.74, 6) is 0.902. The minimum Gasteiger partial charge on any atom is -0.244 e. The van der Waals surface area contributed by atoms with Gasteiger partial charge >= 0.3 is 11.3 Å². The van der Waals surface area contributed by atoms with Crippen LogP contribution >= 0.6 is 23.4 Å². The SMILES string of the molecule is CSCCn1c(=O)[nH][n+]2c(Cc3ccc(Cl)nc3)cccc12. The normalized spacial score (nSPS) is 11.2. The minimum absolute atomic E-state index is 0.0873. The number of hydrogen-bond acceptors (Lipinski definition) is 3. The number of hydrogen-bond donors (Lipinski definition) is 1. The van der Waals surface area contributed by atoms with Crippen LogP contribution in [0.25, 0.3) is 5.65 Å². The van der Waals surface area contributed by atoms with Gasteiger partial charge in [0, 0.05) is 24.4 Å². The number of fused-ring (bicyclic) bond motifs is 1. The van der Waals surface area contributed by atoms with Crippen LogP contribution in [0.1, 0.15) is 11.3 Å². The van der Waals surface area contributed by atoms with E-state index in [1.807, 2.05) is 35.0 Å². The van der Waals surface area contributed by atoms with E-state index in [1.165, 1.54) is 0 Å². The third kappa shape index (κ3) is 3.03. The van der Waals surface area contributed by atoms with Crippen molar-refractivity contribution in [2.75, 3.05) is 12.0 Å². The van der Waals surface area contributed by atoms with Crippen LogP contribution in [0.15, 0.2) is 41.3 Å². The average Bonchev–Trinajstić information content (AvgIpc) is 2.84. The number of thioether (sulfide) groups is 1. The molecule has 0 atom stereocenters. The van der Waals surface area contributed by atoms with Gasteiger partial charge in [-0.3, -0.25) is 0 Å². The van der Waals surface area contributed by atoms with Gasteiger partial charge in [-0.2, -0.15) is 21.4 Å². The maximum atomic E-state index is 12.1. The van der Waals surface area contributed by atoms with Crippen molar-refractivity contribution in [1.82, 2.24) is 14.6 Å². The van der Waals surface area contributed by atoms with E-state index in [2.05, 4.69) is 10.1 Å². The number of pyridine rings is 2. The van der Waals surface area contributed by atoms with E-state index in [9.17, 15) is 4.79 Å². The summed E-state index contributed by atoms with van der Waals surface area (Å²) in [6.07, 6.45) is 4.46. The second kappa shape index (κ2) is 6.54. The zero-order valence-electron chi connectivity index (χ0n) is 12.1. The predicted molar refractivity (Wildman–Crippen MR) is 88.6 cm³/mol. The number of H-pyrrole nitrogens is 1. The Kier molecular flexibility index (Phi) is 4.49. The van der Waals surface area contributed by atoms with Crippen LogP contribution < -0.4 is 10.2 Å². The molecule has 0 unspecified atom stereocenters. The molecule has 7 heteroatoms. The number of nitrogens with one attached hydrogen (secondary N) is 1. The molecule has 1 N–H and O–H groups in total. The molecule has 3 rings (SSSR count). The molecule has 0 aromatic carbocycles. The number of halogens is 1. The van der Waals surface area contributed by atoms with Crippen LogP contribution in [0.5, 0.6) is 0 Å². The molecule has 3 aromatic rings. The predicted octanol–water partition coefficient (Wildman–Crippen LogP) is 1.92. The second-order valence-corrected chi connectivity index (χ2v) is 6.31. The highest BCUT2D eigenvalue weighted by Gasteiger charge is 2.17. The van der Waals surface area contributed by atoms with Crippen LogP contribution in [-0.2, 0) is 13.0 Å². The van der Waals surface area contributed by atoms with Gasteiger partial charge in [-0.25, -0.2) is 9.78 Å². The maximum absolute atomic E-state index is 12.1. The van der Waals surface area contributed by atoms with Gasteiger partial charge in [0.2, 0.25) is 0 Å². The van der Waals surface area contributed by atoms with Crippen LogP contribution in [0, 0.1) is 0 Å². The molecule has 3 heterocycles. The van der Waals surface area contributed by atoms with E-state index in [-0.39, 0.29) is 5.69 Å². The number of aryl methyl sites for hydroxylation is 1. The fraction of sp³-hybridized carbons (Fsp3) is 0.267. The van der Waals surface area contributed by atoms with E-state index in [1.54, 1.807) is 28.6 Å². The first-order valence-electron chi connectivity index (χ1n) is 6.91. The lowest BCUT2D eigenvalue weighted by Gasteiger charge is -2.00. The van der Waals surface area contributed by atoms with E-state index in [0.717, 1.165) is 22.7 Å². The molecule has 0 amide bonds. The summed E-state index contributed by atoms with van der Waals surface area (Å²) in [6.45, 7) is 0.693. The summed E-state index contributed by atoms with van der Waals surface area (Å²) in [6, 6.07) is 9.63. The summed E-state index contributed by atoms with van der Waals surface area (Å²) in [4.78, 5) is 16.2. The van der Waals surface area contributed by atoms with Crippen LogP contribution in [0.4, 0.5) is 0 Å². The molecule has 0 bridgehead atoms. The zero-order chi connectivity index (χ0) is 15.5. The lowest BCUT2D eigenvalue weighted by Crippen LogP contribution is -2.31. The molecule has 5 nitrogen and oxygen atoms in total. The van der Waals surface area contributed by atoms with Gasteiger partial charge in [-0.05, 0) is 24.0 Å². The van der Waals surface area contributed by atoms with E-state index in [0.29, 0.717) is 18.1 Å². The largest absolute Gasteiger partial charge is 0.444 e. The Labute approximate surface area is 136 Å². The van der Waals surface area contributed by atoms with Gasteiger partial charge in [0.15, 0.2) is 0 Å². The van der Waals surface area contributed by atoms with Gasteiger partial charge in [0.05, 0.1) is 0 Å². The topological polar surface area (TPSA) is 54.8 Å². The summed E-state index contributed by atoms with van der Waals surface area (Å²) < 4.78 is 3.61. The van der Waals surface area contributed by atoms with Crippen molar-refractivity contribution in [3.8, 4) is 0 Å². The molecule has 3 aromatic heterocycles. The van der Waals surface area contributed by atoms with E-state index < -0.39 is 0 Å². The third-order valence-electron chi connectivity index (χ3n) is 3.47. The fourth-order valence-electron chi connectivity index (χ4n) is 2.40. The Morgan fingerprint density at radius 3 is 2.95 bits per heavy atom. The first-order chi connectivity index (χ1) is 10.7. The Bertz CT molecular complexity index is 841. The van der Waals surface area contributed by atoms with Crippen molar-refractivity contribution >= 4 is 29.0 Å². The van der Waals surface area contributed by atoms with Crippen molar-refractivity contribution in [3.05, 3.63) is 63.4 Å². The molecule has 0 radical (unpaired) electrons. The highest BCUT2D eigenvalue weighted by molar-refractivity contribution is 7.98. The van der Waals surface area contributed by atoms with Crippen LogP contribution in [0.3, 0.4) is 0 Å². The average molecular weight is 336 g/mol. The van der Waals surface area contributed by atoms with Crippen molar-refractivity contribution in [1.29, 1.82) is 0 Å². The van der Waals surface area contributed by atoms with Crippen molar-refractivity contribution in [2.45, 2.75) is 13.0 Å². The zero-order valence-corrected chi connectivity index (χ0v) is 13.7. The van der Waals surface area contributed by atoms with Crippen molar-refractivity contribution < 1.29 is 4.52 Å². The molecular formula is C15H16ClN4OS+. The molecule has 0 spiro atoms. The monoisotopic (exact) mass is 335 g/mol. The number of aromatic nitrogens is 4. The van der Waals surface area contributed by atoms with E-state index >= 15 is 0 Å². The summed E-state index contributed by atoms with van der Waals surface area (Å²) >= 11 is 7.53. The number of rotatable bonds is 5. The lowest BCUT2D eigenvalue weighted by atomic mass is 10.1. The van der Waals surface area contributed by atoms with Crippen LogP contribution in [-0.4, -0.2) is 26.7 Å². The smallest absolute Gasteiger partial charge is 0.244 e. The molecule has 0 saturated carbocycles. The molecular weight excluding hydrogens is 320 g/mol. The van der Waals surface area contributed by atoms with Gasteiger partial charge in [-0.1, -0.05) is 23.7 Å². The summed E-state index contributed by atoms with van der Waals surface area (Å²) in [5, 5.41) is 3.38. The lowest BCUT2D eigenvalue weighted by molar-refractivity contribution is -0.587. The fourth-order valence-corrected chi connectivity index (χ4v) is 2.88. The molecule has 0 aliphatic rings. The number of nitrogens with zero attached hydrogens (tertiary/aromatic N) is 3. The highest BCUT2D eigenvalue weighted by atomic mass is 35.5. The van der Waals surface area contributed by atoms with Crippen molar-refractivity contribution in [2.24, 2.45) is 0 Å². The summed E-state index contributed by atoms with van der Waals surface area (Å²) in [5.41, 5.74) is 2.83. The minimum atomic E-state index is -0.0873. The first kappa shape index (κ1) is 15.1. The van der Waals surface area contributed by atoms with Gasteiger partial charge in [-0.15, -0.1) is 4.52 Å². The number of aromatic amines is 1.